The molecule has 0 atom stereocenters. The molecule has 0 spiro atoms. The van der Waals surface area contributed by atoms with E-state index in [-0.39, 0.29) is 18.2 Å². The molecule has 0 aliphatic carbocycles. The normalized spacial score (nSPS) is 13.8. The molecule has 1 aliphatic heterocycles. The van der Waals surface area contributed by atoms with Crippen LogP contribution in [0.2, 0.25) is 0 Å². The number of rotatable bonds is 16. The van der Waals surface area contributed by atoms with Crippen molar-refractivity contribution in [3.05, 3.63) is 29.8 Å². The van der Waals surface area contributed by atoms with Crippen LogP contribution in [0.1, 0.15) is 44.6 Å². The molecule has 11 nitrogen and oxygen atoms in total. The zero-order valence-electron chi connectivity index (χ0n) is 22.6. The average molecular weight is 528 g/mol. The highest BCUT2D eigenvalue weighted by Gasteiger charge is 2.19. The van der Waals surface area contributed by atoms with Crippen LogP contribution in [0.4, 0.5) is 23.0 Å². The van der Waals surface area contributed by atoms with E-state index >= 15 is 0 Å². The van der Waals surface area contributed by atoms with Crippen molar-refractivity contribution >= 4 is 35.4 Å². The molecule has 0 radical (unpaired) electrons. The van der Waals surface area contributed by atoms with E-state index < -0.39 is 5.97 Å². The van der Waals surface area contributed by atoms with Gasteiger partial charge in [0.25, 0.3) is 0 Å². The second-order valence-corrected chi connectivity index (χ2v) is 9.47. The number of aromatic nitrogens is 2. The predicted octanol–water partition coefficient (Wildman–Crippen LogP) is 2.86. The Balaban J connectivity index is 1.43. The molecule has 1 fully saturated rings. The lowest BCUT2D eigenvalue weighted by Gasteiger charge is -2.36. The van der Waals surface area contributed by atoms with Crippen LogP contribution in [0.25, 0.3) is 0 Å². The summed E-state index contributed by atoms with van der Waals surface area (Å²) in [6, 6.07) is 8.00. The summed E-state index contributed by atoms with van der Waals surface area (Å²) in [6.45, 7) is 7.88. The van der Waals surface area contributed by atoms with Crippen molar-refractivity contribution in [2.75, 3.05) is 73.8 Å². The topological polar surface area (TPSA) is 137 Å². The molecule has 38 heavy (non-hydrogen) atoms. The number of nitrogens with two attached hydrogens (primary N) is 1. The third kappa shape index (κ3) is 8.47. The Morgan fingerprint density at radius 2 is 1.97 bits per heavy atom. The predicted molar refractivity (Wildman–Crippen MR) is 150 cm³/mol. The first kappa shape index (κ1) is 29.0. The first-order valence-electron chi connectivity index (χ1n) is 13.4. The van der Waals surface area contributed by atoms with Crippen molar-refractivity contribution < 1.29 is 19.4 Å². The third-order valence-electron chi connectivity index (χ3n) is 6.65. The van der Waals surface area contributed by atoms with Crippen LogP contribution in [0.5, 0.6) is 6.01 Å². The molecule has 1 aliphatic rings. The monoisotopic (exact) mass is 527 g/mol. The van der Waals surface area contributed by atoms with Crippen molar-refractivity contribution in [3.63, 3.8) is 0 Å². The number of hydrogen-bond donors (Lipinski definition) is 3. The van der Waals surface area contributed by atoms with Gasteiger partial charge in [-0.3, -0.25) is 19.4 Å². The van der Waals surface area contributed by atoms with Crippen LogP contribution >= 0.6 is 0 Å². The molecule has 1 aromatic carbocycles. The summed E-state index contributed by atoms with van der Waals surface area (Å²) in [5.41, 5.74) is 8.53. The molecule has 4 N–H and O–H groups in total. The first-order valence-corrected chi connectivity index (χ1v) is 13.4. The number of piperazine rings is 1. The van der Waals surface area contributed by atoms with E-state index in [0.717, 1.165) is 82.5 Å². The fraction of sp³-hybridized carbons (Fsp3) is 0.556. The Morgan fingerprint density at radius 3 is 2.66 bits per heavy atom. The molecule has 1 amide bonds. The van der Waals surface area contributed by atoms with Gasteiger partial charge < -0.3 is 25.8 Å². The molecule has 1 aromatic heterocycles. The van der Waals surface area contributed by atoms with Crippen LogP contribution in [0.3, 0.4) is 0 Å². The van der Waals surface area contributed by atoms with E-state index in [1.54, 1.807) is 11.9 Å². The van der Waals surface area contributed by atoms with Crippen LogP contribution in [0, 0.1) is 0 Å². The Labute approximate surface area is 225 Å². The number of aliphatic carboxylic acids is 1. The standard InChI is InChI=1S/C27H41N7O4/c1-3-4-17-38-27-30-25(28)24(29-2)26(31-27)34(20-35)12-7-5-6-11-32-13-15-33(16-14-32)22-10-8-9-21(18-22)19-23(36)37/h8-10,18,20,29H,3-7,11-17,19H2,1-2H3,(H,36,37)(H2,28,30,31). The second kappa shape index (κ2) is 15.0. The van der Waals surface area contributed by atoms with Crippen LogP contribution in [-0.2, 0) is 16.0 Å². The van der Waals surface area contributed by atoms with Crippen LogP contribution < -0.4 is 25.6 Å². The van der Waals surface area contributed by atoms with Gasteiger partial charge in [-0.25, -0.2) is 0 Å². The zero-order valence-corrected chi connectivity index (χ0v) is 22.6. The number of nitrogens with one attached hydrogen (secondary N) is 1. The minimum Gasteiger partial charge on any atom is -0.481 e. The Bertz CT molecular complexity index is 1040. The Kier molecular flexibility index (Phi) is 11.4. The lowest BCUT2D eigenvalue weighted by molar-refractivity contribution is -0.136. The number of anilines is 4. The second-order valence-electron chi connectivity index (χ2n) is 9.47. The van der Waals surface area contributed by atoms with E-state index in [0.29, 0.717) is 24.7 Å². The summed E-state index contributed by atoms with van der Waals surface area (Å²) >= 11 is 0. The van der Waals surface area contributed by atoms with Gasteiger partial charge in [0, 0.05) is 45.5 Å². The van der Waals surface area contributed by atoms with Gasteiger partial charge in [0.05, 0.1) is 13.0 Å². The van der Waals surface area contributed by atoms with Gasteiger partial charge in [0.1, 0.15) is 5.69 Å². The summed E-state index contributed by atoms with van der Waals surface area (Å²) in [7, 11) is 1.73. The van der Waals surface area contributed by atoms with Gasteiger partial charge in [-0.1, -0.05) is 31.9 Å². The van der Waals surface area contributed by atoms with E-state index in [2.05, 4.69) is 32.0 Å². The average Bonchev–Trinajstić information content (AvgIpc) is 2.91. The molecule has 0 unspecified atom stereocenters. The minimum absolute atomic E-state index is 0.0457. The van der Waals surface area contributed by atoms with Crippen molar-refractivity contribution in [1.29, 1.82) is 0 Å². The maximum absolute atomic E-state index is 11.9. The maximum atomic E-state index is 11.9. The van der Waals surface area contributed by atoms with Gasteiger partial charge in [-0.05, 0) is 43.5 Å². The van der Waals surface area contributed by atoms with Gasteiger partial charge in [0.15, 0.2) is 11.6 Å². The largest absolute Gasteiger partial charge is 0.481 e. The lowest BCUT2D eigenvalue weighted by Crippen LogP contribution is -2.46. The molecule has 11 heteroatoms. The molecule has 2 heterocycles. The number of carbonyl (C=O) groups excluding carboxylic acids is 1. The van der Waals surface area contributed by atoms with E-state index in [1.807, 2.05) is 24.3 Å². The van der Waals surface area contributed by atoms with E-state index in [1.165, 1.54) is 0 Å². The number of nitrogen functional groups attached to an aromatic ring is 1. The summed E-state index contributed by atoms with van der Waals surface area (Å²) < 4.78 is 5.62. The summed E-state index contributed by atoms with van der Waals surface area (Å²) in [6.07, 6.45) is 5.57. The molecule has 0 saturated carbocycles. The number of benzene rings is 1. The van der Waals surface area contributed by atoms with Gasteiger partial charge in [0.2, 0.25) is 6.41 Å². The van der Waals surface area contributed by atoms with Gasteiger partial charge >= 0.3 is 12.0 Å². The molecule has 2 aromatic rings. The van der Waals surface area contributed by atoms with E-state index in [4.69, 9.17) is 15.6 Å². The number of carboxylic acids is 1. The highest BCUT2D eigenvalue weighted by molar-refractivity contribution is 5.85. The molecule has 1 saturated heterocycles. The summed E-state index contributed by atoms with van der Waals surface area (Å²) in [5, 5.41) is 12.1. The van der Waals surface area contributed by atoms with Gasteiger partial charge in [-0.2, -0.15) is 9.97 Å². The fourth-order valence-corrected chi connectivity index (χ4v) is 4.54. The lowest BCUT2D eigenvalue weighted by atomic mass is 10.1. The quantitative estimate of drug-likeness (QED) is 0.221. The number of nitrogens with zero attached hydrogens (tertiary/aromatic N) is 5. The Hall–Kier alpha value is -3.60. The van der Waals surface area contributed by atoms with Crippen molar-refractivity contribution in [2.24, 2.45) is 0 Å². The number of carbonyl (C=O) groups is 2. The van der Waals surface area contributed by atoms with Crippen molar-refractivity contribution in [3.8, 4) is 6.01 Å². The number of amides is 1. The number of ether oxygens (including phenoxy) is 1. The van der Waals surface area contributed by atoms with Crippen molar-refractivity contribution in [2.45, 2.75) is 45.4 Å². The van der Waals surface area contributed by atoms with E-state index in [9.17, 15) is 9.59 Å². The van der Waals surface area contributed by atoms with Crippen molar-refractivity contribution in [1.82, 2.24) is 14.9 Å². The molecule has 3 rings (SSSR count). The smallest absolute Gasteiger partial charge is 0.320 e. The van der Waals surface area contributed by atoms with Gasteiger partial charge in [-0.15, -0.1) is 0 Å². The van der Waals surface area contributed by atoms with Crippen LogP contribution in [-0.4, -0.2) is 85.3 Å². The van der Waals surface area contributed by atoms with Crippen LogP contribution in [0.15, 0.2) is 24.3 Å². The minimum atomic E-state index is -0.812. The summed E-state index contributed by atoms with van der Waals surface area (Å²) in [4.78, 5) is 37.9. The highest BCUT2D eigenvalue weighted by atomic mass is 16.5. The summed E-state index contributed by atoms with van der Waals surface area (Å²) in [5.74, 6) is -0.123. The molecular weight excluding hydrogens is 486 g/mol. The third-order valence-corrected chi connectivity index (χ3v) is 6.65. The highest BCUT2D eigenvalue weighted by Crippen LogP contribution is 2.30. The zero-order chi connectivity index (χ0) is 27.3. The maximum Gasteiger partial charge on any atom is 0.320 e. The first-order chi connectivity index (χ1) is 18.4. The Morgan fingerprint density at radius 1 is 1.18 bits per heavy atom. The molecule has 208 valence electrons. The number of hydrogen-bond acceptors (Lipinski definition) is 9. The number of unbranched alkanes of at least 4 members (excludes halogenated alkanes) is 3. The molecule has 0 bridgehead atoms. The fourth-order valence-electron chi connectivity index (χ4n) is 4.54. The SMILES string of the molecule is CCCCOc1nc(N)c(NC)c(N(C=O)CCCCCN2CCN(c3cccc(CC(=O)O)c3)CC2)n1. The molecular formula is C27H41N7O4. The number of carboxylic acid groups (broad SMARTS) is 1.